The summed E-state index contributed by atoms with van der Waals surface area (Å²) >= 11 is 0. The van der Waals surface area contributed by atoms with Crippen molar-refractivity contribution in [3.05, 3.63) is 0 Å². The summed E-state index contributed by atoms with van der Waals surface area (Å²) in [5, 5.41) is 3.72. The molecule has 3 atom stereocenters. The zero-order chi connectivity index (χ0) is 12.1. The first-order valence-corrected chi connectivity index (χ1v) is 7.66. The molecule has 1 saturated heterocycles. The molecule has 1 N–H and O–H groups in total. The first-order valence-electron chi connectivity index (χ1n) is 7.66. The molecule has 100 valence electrons. The Kier molecular flexibility index (Phi) is 5.30. The third-order valence-corrected chi connectivity index (χ3v) is 4.73. The Morgan fingerprint density at radius 1 is 1.18 bits per heavy atom. The highest BCUT2D eigenvalue weighted by atomic mass is 16.5. The molecule has 1 heterocycles. The molecule has 0 aromatic rings. The molecule has 2 aliphatic rings. The minimum atomic E-state index is 0.461. The molecule has 0 amide bonds. The summed E-state index contributed by atoms with van der Waals surface area (Å²) in [6.45, 7) is 6.55. The van der Waals surface area contributed by atoms with Gasteiger partial charge in [0.05, 0.1) is 6.10 Å². The number of ether oxygens (including phenoxy) is 1. The molecule has 0 spiro atoms. The average molecular weight is 239 g/mol. The average Bonchev–Trinajstić information content (AvgIpc) is 2.76. The zero-order valence-electron chi connectivity index (χ0n) is 11.6. The van der Waals surface area contributed by atoms with Gasteiger partial charge in [0.15, 0.2) is 0 Å². The van der Waals surface area contributed by atoms with Gasteiger partial charge in [0.25, 0.3) is 0 Å². The maximum absolute atomic E-state index is 5.74. The van der Waals surface area contributed by atoms with Crippen LogP contribution >= 0.6 is 0 Å². The van der Waals surface area contributed by atoms with Gasteiger partial charge in [0.2, 0.25) is 0 Å². The van der Waals surface area contributed by atoms with Gasteiger partial charge in [0, 0.05) is 18.6 Å². The normalized spacial score (nSPS) is 32.8. The minimum Gasteiger partial charge on any atom is -0.378 e. The fraction of sp³-hybridized carbons (Fsp3) is 1.00. The summed E-state index contributed by atoms with van der Waals surface area (Å²) < 4.78 is 5.74. The van der Waals surface area contributed by atoms with Crippen LogP contribution in [0.15, 0.2) is 0 Å². The first-order chi connectivity index (χ1) is 8.31. The van der Waals surface area contributed by atoms with E-state index in [4.69, 9.17) is 4.74 Å². The second kappa shape index (κ2) is 6.75. The van der Waals surface area contributed by atoms with E-state index in [2.05, 4.69) is 19.2 Å². The predicted octanol–water partition coefficient (Wildman–Crippen LogP) is 3.36. The van der Waals surface area contributed by atoms with Crippen molar-refractivity contribution < 1.29 is 4.74 Å². The highest BCUT2D eigenvalue weighted by Crippen LogP contribution is 2.32. The quantitative estimate of drug-likeness (QED) is 0.794. The summed E-state index contributed by atoms with van der Waals surface area (Å²) in [5.74, 6) is 1.72. The number of hydrogen-bond acceptors (Lipinski definition) is 2. The molecule has 2 rings (SSSR count). The fourth-order valence-corrected chi connectivity index (χ4v) is 3.73. The van der Waals surface area contributed by atoms with Gasteiger partial charge in [-0.1, -0.05) is 39.0 Å². The van der Waals surface area contributed by atoms with Gasteiger partial charge in [-0.3, -0.25) is 0 Å². The Morgan fingerprint density at radius 3 is 2.53 bits per heavy atom. The Balaban J connectivity index is 1.86. The second-order valence-corrected chi connectivity index (χ2v) is 5.93. The lowest BCUT2D eigenvalue weighted by molar-refractivity contribution is 0.0907. The molecule has 17 heavy (non-hydrogen) atoms. The molecule has 1 aliphatic heterocycles. The van der Waals surface area contributed by atoms with Crippen LogP contribution in [0.5, 0.6) is 0 Å². The van der Waals surface area contributed by atoms with Crippen LogP contribution in [-0.2, 0) is 4.74 Å². The van der Waals surface area contributed by atoms with Gasteiger partial charge in [-0.2, -0.15) is 0 Å². The molecular weight excluding hydrogens is 210 g/mol. The summed E-state index contributed by atoms with van der Waals surface area (Å²) in [4.78, 5) is 0. The molecule has 2 nitrogen and oxygen atoms in total. The van der Waals surface area contributed by atoms with Crippen LogP contribution in [0, 0.1) is 11.8 Å². The van der Waals surface area contributed by atoms with Crippen LogP contribution < -0.4 is 5.32 Å². The summed E-state index contributed by atoms with van der Waals surface area (Å²) in [5.41, 5.74) is 0. The van der Waals surface area contributed by atoms with E-state index in [9.17, 15) is 0 Å². The lowest BCUT2D eigenvalue weighted by Gasteiger charge is -2.31. The van der Waals surface area contributed by atoms with Crippen LogP contribution in [0.2, 0.25) is 0 Å². The van der Waals surface area contributed by atoms with Crippen LogP contribution in [0.1, 0.15) is 58.8 Å². The smallest absolute Gasteiger partial charge is 0.0590 e. The lowest BCUT2D eigenvalue weighted by atomic mass is 9.80. The van der Waals surface area contributed by atoms with Crippen LogP contribution in [-0.4, -0.2) is 25.3 Å². The molecule has 3 unspecified atom stereocenters. The molecule has 0 bridgehead atoms. The van der Waals surface area contributed by atoms with E-state index >= 15 is 0 Å². The maximum Gasteiger partial charge on any atom is 0.0590 e. The molecule has 0 radical (unpaired) electrons. The lowest BCUT2D eigenvalue weighted by Crippen LogP contribution is -2.40. The number of rotatable bonds is 5. The predicted molar refractivity (Wildman–Crippen MR) is 72.2 cm³/mol. The summed E-state index contributed by atoms with van der Waals surface area (Å²) in [7, 11) is 0. The molecule has 0 aromatic carbocycles. The van der Waals surface area contributed by atoms with E-state index < -0.39 is 0 Å². The third-order valence-electron chi connectivity index (χ3n) is 4.73. The van der Waals surface area contributed by atoms with Gasteiger partial charge in [0.1, 0.15) is 0 Å². The molecule has 2 fully saturated rings. The summed E-state index contributed by atoms with van der Waals surface area (Å²) in [6.07, 6.45) is 10.4. The van der Waals surface area contributed by atoms with Crippen LogP contribution in [0.4, 0.5) is 0 Å². The van der Waals surface area contributed by atoms with Crippen molar-refractivity contribution in [2.45, 2.75) is 70.9 Å². The monoisotopic (exact) mass is 239 g/mol. The molecule has 2 heteroatoms. The van der Waals surface area contributed by atoms with E-state index in [1.165, 1.54) is 44.9 Å². The van der Waals surface area contributed by atoms with E-state index in [-0.39, 0.29) is 0 Å². The maximum atomic E-state index is 5.74. The Morgan fingerprint density at radius 2 is 1.94 bits per heavy atom. The number of hydrogen-bond donors (Lipinski definition) is 1. The molecule has 1 saturated carbocycles. The van der Waals surface area contributed by atoms with Crippen molar-refractivity contribution in [3.8, 4) is 0 Å². The first kappa shape index (κ1) is 13.4. The van der Waals surface area contributed by atoms with E-state index in [0.717, 1.165) is 25.0 Å². The Bertz CT molecular complexity index is 213. The summed E-state index contributed by atoms with van der Waals surface area (Å²) in [6, 6.07) is 0.695. The van der Waals surface area contributed by atoms with Gasteiger partial charge < -0.3 is 10.1 Å². The topological polar surface area (TPSA) is 21.3 Å². The van der Waals surface area contributed by atoms with E-state index in [0.29, 0.717) is 12.1 Å². The standard InChI is InChI=1S/C15H29NO/c1-3-16-15(14-9-10-17-12(14)2)11-13-7-5-4-6-8-13/h12-16H,3-11H2,1-2H3. The zero-order valence-corrected chi connectivity index (χ0v) is 11.6. The van der Waals surface area contributed by atoms with Crippen molar-refractivity contribution in [3.63, 3.8) is 0 Å². The Labute approximate surface area is 107 Å². The van der Waals surface area contributed by atoms with Gasteiger partial charge >= 0.3 is 0 Å². The third kappa shape index (κ3) is 3.69. The molecule has 1 aliphatic carbocycles. The van der Waals surface area contributed by atoms with Crippen molar-refractivity contribution >= 4 is 0 Å². The molecule has 0 aromatic heterocycles. The fourth-order valence-electron chi connectivity index (χ4n) is 3.73. The van der Waals surface area contributed by atoms with E-state index in [1.807, 2.05) is 0 Å². The Hall–Kier alpha value is -0.0800. The largest absolute Gasteiger partial charge is 0.378 e. The van der Waals surface area contributed by atoms with Crippen molar-refractivity contribution in [1.29, 1.82) is 0 Å². The second-order valence-electron chi connectivity index (χ2n) is 5.93. The highest BCUT2D eigenvalue weighted by Gasteiger charge is 2.32. The minimum absolute atomic E-state index is 0.461. The van der Waals surface area contributed by atoms with E-state index in [1.54, 1.807) is 0 Å². The van der Waals surface area contributed by atoms with Crippen LogP contribution in [0.25, 0.3) is 0 Å². The van der Waals surface area contributed by atoms with Gasteiger partial charge in [-0.15, -0.1) is 0 Å². The number of nitrogens with one attached hydrogen (secondary N) is 1. The van der Waals surface area contributed by atoms with Gasteiger partial charge in [-0.25, -0.2) is 0 Å². The van der Waals surface area contributed by atoms with Crippen molar-refractivity contribution in [2.24, 2.45) is 11.8 Å². The van der Waals surface area contributed by atoms with Crippen molar-refractivity contribution in [2.75, 3.05) is 13.2 Å². The van der Waals surface area contributed by atoms with Crippen molar-refractivity contribution in [1.82, 2.24) is 5.32 Å². The van der Waals surface area contributed by atoms with Gasteiger partial charge in [-0.05, 0) is 32.2 Å². The molecular formula is C15H29NO. The SMILES string of the molecule is CCNC(CC1CCCCC1)C1CCOC1C. The van der Waals surface area contributed by atoms with Crippen LogP contribution in [0.3, 0.4) is 0 Å². The highest BCUT2D eigenvalue weighted by molar-refractivity contribution is 4.86.